The van der Waals surface area contributed by atoms with Crippen LogP contribution in [0.5, 0.6) is 0 Å². The standard InChI is InChI=1S/C11H17N5OS/c1-12-9-8-16-6-5-14-11(16)10(15-9)13-4-3-7-18(2)17/h5-6,8,12H,3-4,7H2,1-2H3,(H,13,15). The zero-order valence-corrected chi connectivity index (χ0v) is 11.3. The van der Waals surface area contributed by atoms with Gasteiger partial charge in [-0.1, -0.05) is 0 Å². The van der Waals surface area contributed by atoms with Gasteiger partial charge in [0.1, 0.15) is 5.82 Å². The predicted molar refractivity (Wildman–Crippen MR) is 74.6 cm³/mol. The van der Waals surface area contributed by atoms with Gasteiger partial charge in [0.2, 0.25) is 0 Å². The van der Waals surface area contributed by atoms with Crippen molar-refractivity contribution in [3.63, 3.8) is 0 Å². The van der Waals surface area contributed by atoms with Gasteiger partial charge in [-0.05, 0) is 6.42 Å². The molecule has 0 radical (unpaired) electrons. The predicted octanol–water partition coefficient (Wildman–Crippen LogP) is 0.951. The number of nitrogens with zero attached hydrogens (tertiary/aromatic N) is 3. The number of fused-ring (bicyclic) bond motifs is 1. The number of nitrogens with one attached hydrogen (secondary N) is 2. The lowest BCUT2D eigenvalue weighted by Gasteiger charge is -2.08. The van der Waals surface area contributed by atoms with Crippen molar-refractivity contribution in [1.82, 2.24) is 14.4 Å². The molecule has 0 amide bonds. The van der Waals surface area contributed by atoms with E-state index in [9.17, 15) is 4.21 Å². The minimum absolute atomic E-state index is 0.698. The van der Waals surface area contributed by atoms with Crippen LogP contribution in [0.2, 0.25) is 0 Å². The van der Waals surface area contributed by atoms with Gasteiger partial charge in [-0.25, -0.2) is 9.97 Å². The first-order valence-corrected chi connectivity index (χ1v) is 7.49. The average Bonchev–Trinajstić information content (AvgIpc) is 2.82. The van der Waals surface area contributed by atoms with Crippen LogP contribution < -0.4 is 10.6 Å². The molecule has 2 aromatic rings. The van der Waals surface area contributed by atoms with E-state index in [4.69, 9.17) is 0 Å². The summed E-state index contributed by atoms with van der Waals surface area (Å²) in [5, 5.41) is 6.24. The molecule has 2 rings (SSSR count). The highest BCUT2D eigenvalue weighted by atomic mass is 32.2. The Morgan fingerprint density at radius 3 is 3.06 bits per heavy atom. The summed E-state index contributed by atoms with van der Waals surface area (Å²) in [5.41, 5.74) is 0.798. The summed E-state index contributed by atoms with van der Waals surface area (Å²) < 4.78 is 12.9. The van der Waals surface area contributed by atoms with Gasteiger partial charge in [0, 0.05) is 48.8 Å². The van der Waals surface area contributed by atoms with E-state index in [1.165, 1.54) is 0 Å². The Kier molecular flexibility index (Phi) is 4.14. The zero-order valence-electron chi connectivity index (χ0n) is 10.5. The fourth-order valence-corrected chi connectivity index (χ4v) is 2.20. The van der Waals surface area contributed by atoms with E-state index in [1.54, 1.807) is 12.5 Å². The van der Waals surface area contributed by atoms with E-state index < -0.39 is 10.8 Å². The molecule has 6 nitrogen and oxygen atoms in total. The number of anilines is 2. The quantitative estimate of drug-likeness (QED) is 0.763. The maximum absolute atomic E-state index is 11.0. The van der Waals surface area contributed by atoms with E-state index in [0.717, 1.165) is 30.2 Å². The van der Waals surface area contributed by atoms with Crippen molar-refractivity contribution in [2.45, 2.75) is 6.42 Å². The number of rotatable bonds is 6. The molecule has 0 aliphatic rings. The Bertz CT molecular complexity index is 553. The molecule has 98 valence electrons. The molecule has 0 aliphatic heterocycles. The normalized spacial score (nSPS) is 12.6. The Labute approximate surface area is 108 Å². The second-order valence-corrected chi connectivity index (χ2v) is 5.50. The van der Waals surface area contributed by atoms with Crippen LogP contribution in [-0.4, -0.2) is 44.2 Å². The van der Waals surface area contributed by atoms with Gasteiger partial charge in [0.05, 0.1) is 6.20 Å². The molecule has 0 saturated heterocycles. The highest BCUT2D eigenvalue weighted by Gasteiger charge is 2.06. The molecule has 0 saturated carbocycles. The van der Waals surface area contributed by atoms with Crippen molar-refractivity contribution in [3.05, 3.63) is 18.6 Å². The molecule has 0 spiro atoms. The summed E-state index contributed by atoms with van der Waals surface area (Å²) in [5.74, 6) is 2.22. The topological polar surface area (TPSA) is 71.3 Å². The first kappa shape index (κ1) is 12.8. The second-order valence-electron chi connectivity index (χ2n) is 3.94. The van der Waals surface area contributed by atoms with Gasteiger partial charge in [-0.15, -0.1) is 0 Å². The highest BCUT2D eigenvalue weighted by Crippen LogP contribution is 2.15. The van der Waals surface area contributed by atoms with Crippen LogP contribution in [0.3, 0.4) is 0 Å². The molecule has 0 bridgehead atoms. The lowest BCUT2D eigenvalue weighted by atomic mass is 10.4. The Balaban J connectivity index is 2.10. The van der Waals surface area contributed by atoms with Crippen LogP contribution in [-0.2, 0) is 10.8 Å². The Hall–Kier alpha value is -1.63. The van der Waals surface area contributed by atoms with Crippen LogP contribution in [0.15, 0.2) is 18.6 Å². The smallest absolute Gasteiger partial charge is 0.180 e. The fourth-order valence-electron chi connectivity index (χ4n) is 1.65. The van der Waals surface area contributed by atoms with Gasteiger partial charge >= 0.3 is 0 Å². The molecule has 7 heteroatoms. The maximum atomic E-state index is 11.0. The largest absolute Gasteiger partial charge is 0.372 e. The van der Waals surface area contributed by atoms with Crippen LogP contribution >= 0.6 is 0 Å². The van der Waals surface area contributed by atoms with E-state index in [2.05, 4.69) is 20.6 Å². The first-order valence-electron chi connectivity index (χ1n) is 5.76. The molecule has 18 heavy (non-hydrogen) atoms. The van der Waals surface area contributed by atoms with Gasteiger partial charge < -0.3 is 15.0 Å². The SMILES string of the molecule is CNc1cn2ccnc2c(NCCCS(C)=O)n1. The summed E-state index contributed by atoms with van der Waals surface area (Å²) in [6, 6.07) is 0. The molecule has 2 aromatic heterocycles. The molecule has 0 aromatic carbocycles. The number of imidazole rings is 1. The number of hydrogen-bond donors (Lipinski definition) is 2. The van der Waals surface area contributed by atoms with Crippen molar-refractivity contribution in [2.75, 3.05) is 36.2 Å². The van der Waals surface area contributed by atoms with Gasteiger partial charge in [0.25, 0.3) is 0 Å². The van der Waals surface area contributed by atoms with Crippen LogP contribution in [0.25, 0.3) is 5.65 Å². The van der Waals surface area contributed by atoms with Crippen LogP contribution in [0.4, 0.5) is 11.6 Å². The third-order valence-electron chi connectivity index (χ3n) is 2.53. The number of aromatic nitrogens is 3. The van der Waals surface area contributed by atoms with Crippen molar-refractivity contribution in [2.24, 2.45) is 0 Å². The second kappa shape index (κ2) is 5.81. The molecule has 0 aliphatic carbocycles. The van der Waals surface area contributed by atoms with E-state index in [0.29, 0.717) is 5.75 Å². The zero-order chi connectivity index (χ0) is 13.0. The fraction of sp³-hybridized carbons (Fsp3) is 0.455. The molecule has 0 fully saturated rings. The minimum atomic E-state index is -0.742. The molecule has 1 unspecified atom stereocenters. The monoisotopic (exact) mass is 267 g/mol. The summed E-state index contributed by atoms with van der Waals surface area (Å²) >= 11 is 0. The van der Waals surface area contributed by atoms with Crippen LogP contribution in [0, 0.1) is 0 Å². The average molecular weight is 267 g/mol. The van der Waals surface area contributed by atoms with Gasteiger partial charge in [-0.2, -0.15) is 0 Å². The van der Waals surface area contributed by atoms with Crippen molar-refractivity contribution < 1.29 is 4.21 Å². The summed E-state index contributed by atoms with van der Waals surface area (Å²) in [4.78, 5) is 8.68. The highest BCUT2D eigenvalue weighted by molar-refractivity contribution is 7.84. The summed E-state index contributed by atoms with van der Waals surface area (Å²) in [6.45, 7) is 0.738. The van der Waals surface area contributed by atoms with E-state index >= 15 is 0 Å². The Morgan fingerprint density at radius 2 is 2.33 bits per heavy atom. The summed E-state index contributed by atoms with van der Waals surface area (Å²) in [6.07, 6.45) is 8.07. The van der Waals surface area contributed by atoms with Gasteiger partial charge in [0.15, 0.2) is 11.5 Å². The van der Waals surface area contributed by atoms with Crippen molar-refractivity contribution >= 4 is 28.1 Å². The Morgan fingerprint density at radius 1 is 1.50 bits per heavy atom. The van der Waals surface area contributed by atoms with Crippen molar-refractivity contribution in [3.8, 4) is 0 Å². The summed E-state index contributed by atoms with van der Waals surface area (Å²) in [7, 11) is 1.09. The minimum Gasteiger partial charge on any atom is -0.372 e. The molecule has 1 atom stereocenters. The van der Waals surface area contributed by atoms with Crippen LogP contribution in [0.1, 0.15) is 6.42 Å². The molecule has 2 N–H and O–H groups in total. The third kappa shape index (κ3) is 2.98. The first-order chi connectivity index (χ1) is 8.70. The van der Waals surface area contributed by atoms with Gasteiger partial charge in [-0.3, -0.25) is 4.21 Å². The van der Waals surface area contributed by atoms with E-state index in [-0.39, 0.29) is 0 Å². The third-order valence-corrected chi connectivity index (χ3v) is 3.39. The molecular weight excluding hydrogens is 250 g/mol. The van der Waals surface area contributed by atoms with Crippen molar-refractivity contribution in [1.29, 1.82) is 0 Å². The lowest BCUT2D eigenvalue weighted by molar-refractivity contribution is 0.685. The molecular formula is C11H17N5OS. The molecule has 2 heterocycles. The number of hydrogen-bond acceptors (Lipinski definition) is 5. The maximum Gasteiger partial charge on any atom is 0.180 e. The van der Waals surface area contributed by atoms with E-state index in [1.807, 2.05) is 23.8 Å². The lowest BCUT2D eigenvalue weighted by Crippen LogP contribution is -2.09.